The number of aliphatic hydroxyl groups is 1. The van der Waals surface area contributed by atoms with E-state index >= 15 is 0 Å². The summed E-state index contributed by atoms with van der Waals surface area (Å²) >= 11 is 0. The first-order valence-electron chi connectivity index (χ1n) is 9.09. The molecule has 1 aliphatic heterocycles. The van der Waals surface area contributed by atoms with E-state index in [0.29, 0.717) is 31.8 Å². The zero-order chi connectivity index (χ0) is 19.4. The molecule has 4 nitrogen and oxygen atoms in total. The molecule has 7 heteroatoms. The van der Waals surface area contributed by atoms with Crippen LogP contribution in [-0.2, 0) is 4.74 Å². The van der Waals surface area contributed by atoms with Crippen LogP contribution in [0.5, 0.6) is 5.75 Å². The maximum absolute atomic E-state index is 13.5. The number of nitrogens with zero attached hydrogens (tertiary/aromatic N) is 1. The van der Waals surface area contributed by atoms with E-state index in [-0.39, 0.29) is 25.1 Å². The lowest BCUT2D eigenvalue weighted by Gasteiger charge is -2.34. The fourth-order valence-electron chi connectivity index (χ4n) is 3.28. The van der Waals surface area contributed by atoms with Crippen molar-refractivity contribution in [3.63, 3.8) is 0 Å². The van der Waals surface area contributed by atoms with Gasteiger partial charge in [-0.15, -0.1) is 12.4 Å². The third-order valence-electron chi connectivity index (χ3n) is 4.70. The molecular formula is C21H26ClF2NO3. The van der Waals surface area contributed by atoms with Gasteiger partial charge in [0.05, 0.1) is 12.7 Å². The first-order valence-corrected chi connectivity index (χ1v) is 9.09. The predicted octanol–water partition coefficient (Wildman–Crippen LogP) is 3.82. The van der Waals surface area contributed by atoms with Crippen molar-refractivity contribution in [2.24, 2.45) is 0 Å². The smallest absolute Gasteiger partial charge is 0.159 e. The van der Waals surface area contributed by atoms with Crippen molar-refractivity contribution in [2.75, 3.05) is 32.8 Å². The monoisotopic (exact) mass is 413 g/mol. The van der Waals surface area contributed by atoms with Crippen molar-refractivity contribution in [3.05, 3.63) is 64.7 Å². The third-order valence-corrected chi connectivity index (χ3v) is 4.70. The normalized spacial score (nSPS) is 18.4. The number of morpholine rings is 1. The molecule has 0 amide bonds. The molecule has 1 fully saturated rings. The minimum Gasteiger partial charge on any atom is -0.491 e. The van der Waals surface area contributed by atoms with Crippen LogP contribution in [0.15, 0.2) is 36.4 Å². The Morgan fingerprint density at radius 3 is 2.68 bits per heavy atom. The number of ether oxygens (including phenoxy) is 2. The lowest BCUT2D eigenvalue weighted by atomic mass is 10.1. The van der Waals surface area contributed by atoms with Crippen LogP contribution < -0.4 is 4.74 Å². The Morgan fingerprint density at radius 1 is 1.18 bits per heavy atom. The van der Waals surface area contributed by atoms with Crippen LogP contribution in [0.1, 0.15) is 22.8 Å². The van der Waals surface area contributed by atoms with E-state index in [1.54, 1.807) is 0 Å². The quantitative estimate of drug-likeness (QED) is 0.781. The number of β-amino-alcohol motifs (C(OH)–C–C–N with tert-alkyl or cyclic N) is 1. The molecule has 3 rings (SSSR count). The molecule has 2 aromatic rings. The Kier molecular flexibility index (Phi) is 8.19. The van der Waals surface area contributed by atoms with Crippen LogP contribution in [0, 0.1) is 25.5 Å². The van der Waals surface area contributed by atoms with E-state index in [4.69, 9.17) is 9.47 Å². The largest absolute Gasteiger partial charge is 0.491 e. The highest BCUT2D eigenvalue weighted by Gasteiger charge is 2.24. The van der Waals surface area contributed by atoms with Gasteiger partial charge in [0.25, 0.3) is 0 Å². The van der Waals surface area contributed by atoms with E-state index in [2.05, 4.69) is 0 Å². The number of halogens is 3. The first kappa shape index (κ1) is 22.6. The highest BCUT2D eigenvalue weighted by Crippen LogP contribution is 2.24. The summed E-state index contributed by atoms with van der Waals surface area (Å²) in [5.41, 5.74) is 2.79. The Hall–Kier alpha value is -1.73. The van der Waals surface area contributed by atoms with Crippen molar-refractivity contribution in [1.29, 1.82) is 0 Å². The highest BCUT2D eigenvalue weighted by molar-refractivity contribution is 5.85. The summed E-state index contributed by atoms with van der Waals surface area (Å²) in [6.07, 6.45) is -1.00. The van der Waals surface area contributed by atoms with Crippen LogP contribution in [0.25, 0.3) is 0 Å². The molecule has 1 aliphatic rings. The standard InChI is InChI=1S/C21H25F2NO3.ClH/c1-14-3-6-20(15(2)9-14)27-13-17(25)11-24-7-8-26-21(12-24)16-4-5-18(22)19(23)10-16;/h3-6,9-10,17,21,25H,7-8,11-13H2,1-2H3;1H. The Bertz CT molecular complexity index is 790. The Labute approximate surface area is 170 Å². The van der Waals surface area contributed by atoms with Gasteiger partial charge in [0.15, 0.2) is 11.6 Å². The zero-order valence-corrected chi connectivity index (χ0v) is 16.8. The van der Waals surface area contributed by atoms with Gasteiger partial charge in [0, 0.05) is 19.6 Å². The number of rotatable bonds is 6. The third kappa shape index (κ3) is 5.88. The summed E-state index contributed by atoms with van der Waals surface area (Å²) in [7, 11) is 0. The summed E-state index contributed by atoms with van der Waals surface area (Å²) in [6.45, 7) is 6.25. The molecular weight excluding hydrogens is 388 g/mol. The van der Waals surface area contributed by atoms with Crippen molar-refractivity contribution in [2.45, 2.75) is 26.1 Å². The van der Waals surface area contributed by atoms with Crippen molar-refractivity contribution < 1.29 is 23.4 Å². The molecule has 1 heterocycles. The van der Waals surface area contributed by atoms with Crippen LogP contribution in [0.3, 0.4) is 0 Å². The molecule has 0 radical (unpaired) electrons. The van der Waals surface area contributed by atoms with E-state index in [0.717, 1.165) is 22.9 Å². The maximum Gasteiger partial charge on any atom is 0.159 e. The topological polar surface area (TPSA) is 41.9 Å². The van der Waals surface area contributed by atoms with Gasteiger partial charge in [0.2, 0.25) is 0 Å². The van der Waals surface area contributed by atoms with E-state index in [1.165, 1.54) is 12.1 Å². The van der Waals surface area contributed by atoms with Gasteiger partial charge in [0.1, 0.15) is 18.5 Å². The molecule has 28 heavy (non-hydrogen) atoms. The number of hydrogen-bond donors (Lipinski definition) is 1. The molecule has 0 saturated carbocycles. The van der Waals surface area contributed by atoms with E-state index in [1.807, 2.05) is 36.9 Å². The van der Waals surface area contributed by atoms with Crippen molar-refractivity contribution in [3.8, 4) is 5.75 Å². The van der Waals surface area contributed by atoms with Crippen LogP contribution >= 0.6 is 12.4 Å². The minimum absolute atomic E-state index is 0. The van der Waals surface area contributed by atoms with E-state index in [9.17, 15) is 13.9 Å². The fraction of sp³-hybridized carbons (Fsp3) is 0.429. The van der Waals surface area contributed by atoms with Gasteiger partial charge in [-0.25, -0.2) is 8.78 Å². The second kappa shape index (κ2) is 10.2. The zero-order valence-electron chi connectivity index (χ0n) is 16.0. The summed E-state index contributed by atoms with van der Waals surface area (Å²) in [4.78, 5) is 2.05. The molecule has 154 valence electrons. The molecule has 1 saturated heterocycles. The second-order valence-electron chi connectivity index (χ2n) is 7.03. The summed E-state index contributed by atoms with van der Waals surface area (Å²) in [5, 5.41) is 10.3. The van der Waals surface area contributed by atoms with Crippen molar-refractivity contribution in [1.82, 2.24) is 4.90 Å². The summed E-state index contributed by atoms with van der Waals surface area (Å²) in [5.74, 6) is -0.984. The summed E-state index contributed by atoms with van der Waals surface area (Å²) in [6, 6.07) is 9.74. The average Bonchev–Trinajstić information content (AvgIpc) is 2.63. The SMILES string of the molecule is Cc1ccc(OCC(O)CN2CCOC(c3ccc(F)c(F)c3)C2)c(C)c1.Cl. The molecule has 0 aliphatic carbocycles. The van der Waals surface area contributed by atoms with Gasteiger partial charge >= 0.3 is 0 Å². The maximum atomic E-state index is 13.5. The van der Waals surface area contributed by atoms with Gasteiger partial charge in [-0.1, -0.05) is 23.8 Å². The Balaban J connectivity index is 0.00000280. The average molecular weight is 414 g/mol. The van der Waals surface area contributed by atoms with Crippen molar-refractivity contribution >= 4 is 12.4 Å². The number of hydrogen-bond acceptors (Lipinski definition) is 4. The molecule has 0 spiro atoms. The molecule has 2 unspecified atom stereocenters. The molecule has 0 bridgehead atoms. The molecule has 2 atom stereocenters. The van der Waals surface area contributed by atoms with Gasteiger partial charge in [-0.05, 0) is 43.2 Å². The second-order valence-corrected chi connectivity index (χ2v) is 7.03. The van der Waals surface area contributed by atoms with Crippen LogP contribution in [0.4, 0.5) is 8.78 Å². The number of aliphatic hydroxyl groups excluding tert-OH is 1. The first-order chi connectivity index (χ1) is 12.9. The Morgan fingerprint density at radius 2 is 1.96 bits per heavy atom. The lowest BCUT2D eigenvalue weighted by molar-refractivity contribution is -0.0461. The van der Waals surface area contributed by atoms with Gasteiger partial charge in [-0.2, -0.15) is 0 Å². The highest BCUT2D eigenvalue weighted by atomic mass is 35.5. The molecule has 0 aromatic heterocycles. The van der Waals surface area contributed by atoms with Gasteiger partial charge in [-0.3, -0.25) is 4.90 Å². The fourth-order valence-corrected chi connectivity index (χ4v) is 3.28. The molecule has 1 N–H and O–H groups in total. The van der Waals surface area contributed by atoms with E-state index < -0.39 is 17.7 Å². The summed E-state index contributed by atoms with van der Waals surface area (Å²) < 4.78 is 38.0. The number of aryl methyl sites for hydroxylation is 2. The van der Waals surface area contributed by atoms with Crippen LogP contribution in [0.2, 0.25) is 0 Å². The minimum atomic E-state index is -0.880. The predicted molar refractivity (Wildman–Crippen MR) is 106 cm³/mol. The van der Waals surface area contributed by atoms with Crippen LogP contribution in [-0.4, -0.2) is 49.0 Å². The lowest BCUT2D eigenvalue weighted by Crippen LogP contribution is -2.43. The molecule has 2 aromatic carbocycles. The van der Waals surface area contributed by atoms with Gasteiger partial charge < -0.3 is 14.6 Å². The number of benzene rings is 2.